The van der Waals surface area contributed by atoms with Crippen LogP contribution in [0.1, 0.15) is 76.6 Å². The highest BCUT2D eigenvalue weighted by atomic mass is 16.5. The molecule has 5 nitrogen and oxygen atoms in total. The van der Waals surface area contributed by atoms with Crippen LogP contribution in [0, 0.1) is 5.92 Å². The molecule has 1 saturated carbocycles. The van der Waals surface area contributed by atoms with E-state index in [0.717, 1.165) is 31.1 Å². The summed E-state index contributed by atoms with van der Waals surface area (Å²) in [6, 6.07) is 0.197. The lowest BCUT2D eigenvalue weighted by atomic mass is 9.84. The zero-order valence-electron chi connectivity index (χ0n) is 13.2. The molecule has 1 saturated heterocycles. The molecule has 0 radical (unpaired) electrons. The number of rotatable bonds is 4. The summed E-state index contributed by atoms with van der Waals surface area (Å²) in [6.45, 7) is 6.02. The molecule has 2 fully saturated rings. The highest BCUT2D eigenvalue weighted by molar-refractivity contribution is 5.06. The van der Waals surface area contributed by atoms with E-state index < -0.39 is 0 Å². The Morgan fingerprint density at radius 1 is 1.29 bits per heavy atom. The van der Waals surface area contributed by atoms with Crippen LogP contribution in [-0.2, 0) is 10.3 Å². The first-order valence-corrected chi connectivity index (χ1v) is 8.46. The van der Waals surface area contributed by atoms with Gasteiger partial charge in [0.2, 0.25) is 11.7 Å². The van der Waals surface area contributed by atoms with Crippen LogP contribution in [0.2, 0.25) is 0 Å². The van der Waals surface area contributed by atoms with Crippen molar-refractivity contribution in [3.63, 3.8) is 0 Å². The molecule has 0 aromatic carbocycles. The van der Waals surface area contributed by atoms with Crippen LogP contribution in [0.3, 0.4) is 0 Å². The molecule has 0 amide bonds. The van der Waals surface area contributed by atoms with Gasteiger partial charge >= 0.3 is 0 Å². The van der Waals surface area contributed by atoms with Crippen molar-refractivity contribution in [3.8, 4) is 0 Å². The van der Waals surface area contributed by atoms with Crippen molar-refractivity contribution in [3.05, 3.63) is 11.7 Å². The minimum atomic E-state index is -0.313. The van der Waals surface area contributed by atoms with E-state index in [1.165, 1.54) is 32.1 Å². The number of aromatic nitrogens is 2. The Morgan fingerprint density at radius 3 is 2.81 bits per heavy atom. The second kappa shape index (κ2) is 6.44. The summed E-state index contributed by atoms with van der Waals surface area (Å²) >= 11 is 0. The third-order valence-corrected chi connectivity index (χ3v) is 4.97. The van der Waals surface area contributed by atoms with Crippen molar-refractivity contribution in [2.45, 2.75) is 70.4 Å². The Morgan fingerprint density at radius 2 is 2.10 bits per heavy atom. The smallest absolute Gasteiger partial charge is 0.244 e. The Kier molecular flexibility index (Phi) is 4.60. The fourth-order valence-electron chi connectivity index (χ4n) is 3.76. The van der Waals surface area contributed by atoms with Crippen molar-refractivity contribution in [2.24, 2.45) is 5.92 Å². The normalized spacial score (nSPS) is 29.4. The number of nitrogens with one attached hydrogen (secondary N) is 1. The Balaban J connectivity index is 1.81. The van der Waals surface area contributed by atoms with Gasteiger partial charge in [0.05, 0.1) is 6.04 Å². The minimum Gasteiger partial charge on any atom is -0.367 e. The third kappa shape index (κ3) is 2.99. The van der Waals surface area contributed by atoms with Crippen molar-refractivity contribution in [2.75, 3.05) is 13.2 Å². The van der Waals surface area contributed by atoms with E-state index in [2.05, 4.69) is 17.4 Å². The van der Waals surface area contributed by atoms with E-state index in [0.29, 0.717) is 12.5 Å². The zero-order valence-corrected chi connectivity index (χ0v) is 13.2. The number of ether oxygens (including phenoxy) is 1. The molecule has 1 aromatic heterocycles. The van der Waals surface area contributed by atoms with Crippen LogP contribution in [0.15, 0.2) is 4.52 Å². The van der Waals surface area contributed by atoms with Gasteiger partial charge in [-0.25, -0.2) is 0 Å². The summed E-state index contributed by atoms with van der Waals surface area (Å²) in [5, 5.41) is 7.80. The van der Waals surface area contributed by atoms with Crippen LogP contribution < -0.4 is 5.32 Å². The van der Waals surface area contributed by atoms with E-state index in [-0.39, 0.29) is 11.6 Å². The largest absolute Gasteiger partial charge is 0.367 e. The van der Waals surface area contributed by atoms with Crippen molar-refractivity contribution >= 4 is 0 Å². The SMILES string of the molecule is CCOC1(c2noc(C3NCCCC3C)n2)CCCCC1. The predicted molar refractivity (Wildman–Crippen MR) is 79.8 cm³/mol. The first-order chi connectivity index (χ1) is 10.2. The Hall–Kier alpha value is -0.940. The summed E-state index contributed by atoms with van der Waals surface area (Å²) < 4.78 is 11.7. The topological polar surface area (TPSA) is 60.2 Å². The molecule has 2 atom stereocenters. The Bertz CT molecular complexity index is 449. The molecule has 1 aliphatic heterocycles. The molecule has 1 N–H and O–H groups in total. The van der Waals surface area contributed by atoms with Gasteiger partial charge in [-0.15, -0.1) is 0 Å². The maximum absolute atomic E-state index is 6.08. The van der Waals surface area contributed by atoms with Crippen molar-refractivity contribution < 1.29 is 9.26 Å². The molecule has 1 aliphatic carbocycles. The molecular formula is C16H27N3O2. The van der Waals surface area contributed by atoms with Crippen LogP contribution >= 0.6 is 0 Å². The number of nitrogens with zero attached hydrogens (tertiary/aromatic N) is 2. The zero-order chi connectivity index (χ0) is 14.7. The molecule has 21 heavy (non-hydrogen) atoms. The second-order valence-electron chi connectivity index (χ2n) is 6.50. The second-order valence-corrected chi connectivity index (χ2v) is 6.50. The average molecular weight is 293 g/mol. The Labute approximate surface area is 126 Å². The van der Waals surface area contributed by atoms with Crippen LogP contribution in [-0.4, -0.2) is 23.3 Å². The number of piperidine rings is 1. The van der Waals surface area contributed by atoms with Crippen LogP contribution in [0.4, 0.5) is 0 Å². The number of hydrogen-bond donors (Lipinski definition) is 1. The van der Waals surface area contributed by atoms with Gasteiger partial charge in [-0.1, -0.05) is 31.3 Å². The summed E-state index contributed by atoms with van der Waals surface area (Å²) in [5.74, 6) is 2.04. The number of hydrogen-bond acceptors (Lipinski definition) is 5. The molecule has 2 unspecified atom stereocenters. The molecule has 1 aromatic rings. The first kappa shape index (κ1) is 15.0. The highest BCUT2D eigenvalue weighted by Crippen LogP contribution is 2.40. The molecule has 0 spiro atoms. The van der Waals surface area contributed by atoms with Gasteiger partial charge in [0.1, 0.15) is 5.60 Å². The van der Waals surface area contributed by atoms with E-state index >= 15 is 0 Å². The van der Waals surface area contributed by atoms with Gasteiger partial charge in [-0.2, -0.15) is 4.98 Å². The summed E-state index contributed by atoms with van der Waals surface area (Å²) in [4.78, 5) is 4.73. The maximum Gasteiger partial charge on any atom is 0.244 e. The van der Waals surface area contributed by atoms with E-state index in [9.17, 15) is 0 Å². The van der Waals surface area contributed by atoms with Crippen LogP contribution in [0.5, 0.6) is 0 Å². The molecular weight excluding hydrogens is 266 g/mol. The van der Waals surface area contributed by atoms with Gasteiger partial charge in [-0.05, 0) is 45.1 Å². The van der Waals surface area contributed by atoms with Crippen molar-refractivity contribution in [1.82, 2.24) is 15.5 Å². The van der Waals surface area contributed by atoms with E-state index in [4.69, 9.17) is 14.2 Å². The molecule has 2 aliphatic rings. The van der Waals surface area contributed by atoms with Gasteiger partial charge < -0.3 is 14.6 Å². The fourth-order valence-corrected chi connectivity index (χ4v) is 3.76. The van der Waals surface area contributed by atoms with Crippen molar-refractivity contribution in [1.29, 1.82) is 0 Å². The monoisotopic (exact) mass is 293 g/mol. The summed E-state index contributed by atoms with van der Waals surface area (Å²) in [5.41, 5.74) is -0.313. The lowest BCUT2D eigenvalue weighted by Gasteiger charge is -2.34. The van der Waals surface area contributed by atoms with Gasteiger partial charge in [0.25, 0.3) is 0 Å². The van der Waals surface area contributed by atoms with Gasteiger partial charge in [0.15, 0.2) is 0 Å². The summed E-state index contributed by atoms with van der Waals surface area (Å²) in [6.07, 6.45) is 8.10. The van der Waals surface area contributed by atoms with E-state index in [1.807, 2.05) is 6.92 Å². The molecule has 3 rings (SSSR count). The molecule has 118 valence electrons. The fraction of sp³-hybridized carbons (Fsp3) is 0.875. The minimum absolute atomic E-state index is 0.197. The lowest BCUT2D eigenvalue weighted by Crippen LogP contribution is -2.35. The van der Waals surface area contributed by atoms with Gasteiger partial charge in [-0.3, -0.25) is 0 Å². The molecule has 2 heterocycles. The standard InChI is InChI=1S/C16H27N3O2/c1-3-20-16(9-5-4-6-10-16)15-18-14(21-19-15)13-12(2)8-7-11-17-13/h12-13,17H,3-11H2,1-2H3. The third-order valence-electron chi connectivity index (χ3n) is 4.97. The van der Waals surface area contributed by atoms with Crippen LogP contribution in [0.25, 0.3) is 0 Å². The summed E-state index contributed by atoms with van der Waals surface area (Å²) in [7, 11) is 0. The average Bonchev–Trinajstić information content (AvgIpc) is 2.99. The predicted octanol–water partition coefficient (Wildman–Crippen LogP) is 3.33. The molecule has 5 heteroatoms. The lowest BCUT2D eigenvalue weighted by molar-refractivity contribution is -0.0777. The maximum atomic E-state index is 6.08. The molecule has 0 bridgehead atoms. The van der Waals surface area contributed by atoms with E-state index in [1.54, 1.807) is 0 Å². The first-order valence-electron chi connectivity index (χ1n) is 8.46. The van der Waals surface area contributed by atoms with Gasteiger partial charge in [0, 0.05) is 6.61 Å². The highest BCUT2D eigenvalue weighted by Gasteiger charge is 2.40. The quantitative estimate of drug-likeness (QED) is 0.922.